The predicted molar refractivity (Wildman–Crippen MR) is 22.7 cm³/mol. The van der Waals surface area contributed by atoms with Gasteiger partial charge in [-0.3, -0.25) is 4.42 Å². The van der Waals surface area contributed by atoms with Crippen LogP contribution < -0.4 is 0 Å². The summed E-state index contributed by atoms with van der Waals surface area (Å²) >= 11 is 1.32. The Morgan fingerprint density at radius 3 is 2.83 bits per heavy atom. The Balaban J connectivity index is 3.05. The van der Waals surface area contributed by atoms with Gasteiger partial charge in [0.05, 0.1) is 0 Å². The molecule has 0 radical (unpaired) electrons. The molecule has 6 heavy (non-hydrogen) atoms. The molecule has 0 aliphatic heterocycles. The Kier molecular flexibility index (Phi) is 0.759. The van der Waals surface area contributed by atoms with Crippen molar-refractivity contribution in [3.05, 3.63) is 11.0 Å². The SMILES string of the molecule is Oc1csc[o+]1. The van der Waals surface area contributed by atoms with Gasteiger partial charge in [-0.05, 0) is 0 Å². The molecule has 1 rings (SSSR count). The van der Waals surface area contributed by atoms with E-state index in [0.717, 1.165) is 0 Å². The lowest BCUT2D eigenvalue weighted by Gasteiger charge is -1.51. The maximum Gasteiger partial charge on any atom is 0.527 e. The first-order chi connectivity index (χ1) is 2.89. The average Bonchev–Trinajstić information content (AvgIpc) is 1.86. The van der Waals surface area contributed by atoms with Crippen LogP contribution in [0.3, 0.4) is 0 Å². The third-order valence-electron chi connectivity index (χ3n) is 0.393. The number of rotatable bonds is 0. The normalized spacial score (nSPS) is 8.67. The van der Waals surface area contributed by atoms with Gasteiger partial charge < -0.3 is 5.11 Å². The standard InChI is InChI=1S/C3H2O2S/c4-3-1-6-2-5-3/h1-2H/p+1. The van der Waals surface area contributed by atoms with Crippen molar-refractivity contribution in [2.24, 2.45) is 0 Å². The first-order valence-electron chi connectivity index (χ1n) is 1.42. The molecular formula is C3H3O2S+. The number of hydrogen-bond acceptors (Lipinski definition) is 2. The zero-order valence-electron chi connectivity index (χ0n) is 2.92. The van der Waals surface area contributed by atoms with E-state index in [1.807, 2.05) is 0 Å². The highest BCUT2D eigenvalue weighted by Gasteiger charge is 1.95. The zero-order chi connectivity index (χ0) is 4.41. The van der Waals surface area contributed by atoms with Crippen LogP contribution in [0.25, 0.3) is 0 Å². The van der Waals surface area contributed by atoms with Crippen molar-refractivity contribution in [3.63, 3.8) is 0 Å². The van der Waals surface area contributed by atoms with Crippen molar-refractivity contribution < 1.29 is 9.52 Å². The van der Waals surface area contributed by atoms with Gasteiger partial charge in [-0.25, -0.2) is 0 Å². The summed E-state index contributed by atoms with van der Waals surface area (Å²) < 4.78 is 4.41. The summed E-state index contributed by atoms with van der Waals surface area (Å²) in [4.78, 5) is 0. The lowest BCUT2D eigenvalue weighted by molar-refractivity contribution is 0.333. The quantitative estimate of drug-likeness (QED) is 0.502. The molecule has 3 heteroatoms. The molecular weight excluding hydrogens is 100 g/mol. The molecule has 2 nitrogen and oxygen atoms in total. The van der Waals surface area contributed by atoms with Crippen molar-refractivity contribution in [2.45, 2.75) is 0 Å². The van der Waals surface area contributed by atoms with Crippen LogP contribution in [-0.4, -0.2) is 5.11 Å². The predicted octanol–water partition coefficient (Wildman–Crippen LogP) is 1.33. The van der Waals surface area contributed by atoms with Crippen LogP contribution >= 0.6 is 11.3 Å². The highest BCUT2D eigenvalue weighted by atomic mass is 32.1. The minimum absolute atomic E-state index is 0.0139. The molecule has 0 atom stereocenters. The van der Waals surface area contributed by atoms with E-state index in [2.05, 4.69) is 4.42 Å². The van der Waals surface area contributed by atoms with Gasteiger partial charge >= 0.3 is 5.95 Å². The molecule has 0 aliphatic carbocycles. The summed E-state index contributed by atoms with van der Waals surface area (Å²) in [5.74, 6) is -0.0139. The Labute approximate surface area is 38.7 Å². The molecule has 1 aromatic rings. The second kappa shape index (κ2) is 1.26. The lowest BCUT2D eigenvalue weighted by Crippen LogP contribution is -1.40. The second-order valence-electron chi connectivity index (χ2n) is 0.806. The molecule has 0 aromatic carbocycles. The summed E-state index contributed by atoms with van der Waals surface area (Å²) in [5.41, 5.74) is 1.45. The lowest BCUT2D eigenvalue weighted by atomic mass is 11.0. The van der Waals surface area contributed by atoms with E-state index in [1.54, 1.807) is 0 Å². The van der Waals surface area contributed by atoms with Gasteiger partial charge in [0.2, 0.25) is 0 Å². The van der Waals surface area contributed by atoms with E-state index in [9.17, 15) is 0 Å². The van der Waals surface area contributed by atoms with E-state index in [4.69, 9.17) is 5.11 Å². The van der Waals surface area contributed by atoms with Crippen LogP contribution in [-0.2, 0) is 0 Å². The van der Waals surface area contributed by atoms with Crippen molar-refractivity contribution in [3.8, 4) is 5.95 Å². The molecule has 1 aromatic heterocycles. The molecule has 0 saturated carbocycles. The Morgan fingerprint density at radius 2 is 2.67 bits per heavy atom. The van der Waals surface area contributed by atoms with E-state index in [1.165, 1.54) is 22.3 Å². The van der Waals surface area contributed by atoms with Gasteiger partial charge in [-0.1, -0.05) is 11.3 Å². The Bertz CT molecular complexity index is 112. The molecule has 32 valence electrons. The fourth-order valence-corrected chi connectivity index (χ4v) is 0.573. The van der Waals surface area contributed by atoms with Crippen molar-refractivity contribution in [1.29, 1.82) is 0 Å². The molecule has 0 fully saturated rings. The summed E-state index contributed by atoms with van der Waals surface area (Å²) in [6.45, 7) is 0. The summed E-state index contributed by atoms with van der Waals surface area (Å²) in [6, 6.07) is 0. The second-order valence-corrected chi connectivity index (χ2v) is 1.51. The van der Waals surface area contributed by atoms with Crippen molar-refractivity contribution >= 4 is 11.3 Å². The molecule has 1 heterocycles. The van der Waals surface area contributed by atoms with Crippen LogP contribution in [0.5, 0.6) is 5.95 Å². The van der Waals surface area contributed by atoms with Crippen molar-refractivity contribution in [2.75, 3.05) is 0 Å². The van der Waals surface area contributed by atoms with Gasteiger partial charge in [0.15, 0.2) is 0 Å². The fraction of sp³-hybridized carbons (Fsp3) is 0. The van der Waals surface area contributed by atoms with E-state index in [-0.39, 0.29) is 5.95 Å². The molecule has 0 unspecified atom stereocenters. The molecule has 0 spiro atoms. The van der Waals surface area contributed by atoms with Gasteiger partial charge in [0.1, 0.15) is 5.38 Å². The topological polar surface area (TPSA) is 31.5 Å². The maximum absolute atomic E-state index is 8.32. The summed E-state index contributed by atoms with van der Waals surface area (Å²) in [7, 11) is 0. The molecule has 0 aliphatic rings. The first kappa shape index (κ1) is 3.61. The average molecular weight is 103 g/mol. The van der Waals surface area contributed by atoms with Gasteiger partial charge in [0.25, 0.3) is 5.58 Å². The smallest absolute Gasteiger partial charge is 0.334 e. The van der Waals surface area contributed by atoms with Gasteiger partial charge in [0, 0.05) is 0 Å². The fourth-order valence-electron chi connectivity index (χ4n) is 0.191. The van der Waals surface area contributed by atoms with Gasteiger partial charge in [-0.2, -0.15) is 0 Å². The van der Waals surface area contributed by atoms with E-state index >= 15 is 0 Å². The Morgan fingerprint density at radius 1 is 1.83 bits per heavy atom. The van der Waals surface area contributed by atoms with Crippen LogP contribution in [0.4, 0.5) is 0 Å². The third-order valence-corrected chi connectivity index (χ3v) is 0.938. The van der Waals surface area contributed by atoms with Gasteiger partial charge in [-0.15, -0.1) is 0 Å². The largest absolute Gasteiger partial charge is 0.527 e. The highest BCUT2D eigenvalue weighted by Crippen LogP contribution is 2.10. The monoisotopic (exact) mass is 103 g/mol. The van der Waals surface area contributed by atoms with Crippen LogP contribution in [0.15, 0.2) is 15.4 Å². The highest BCUT2D eigenvalue weighted by molar-refractivity contribution is 7.07. The van der Waals surface area contributed by atoms with Crippen molar-refractivity contribution in [1.82, 2.24) is 0 Å². The number of aromatic hydroxyl groups is 1. The molecule has 1 N–H and O–H groups in total. The van der Waals surface area contributed by atoms with E-state index in [0.29, 0.717) is 0 Å². The van der Waals surface area contributed by atoms with Crippen LogP contribution in [0.2, 0.25) is 0 Å². The number of hydrogen-bond donors (Lipinski definition) is 1. The third kappa shape index (κ3) is 0.490. The van der Waals surface area contributed by atoms with Crippen LogP contribution in [0, 0.1) is 0 Å². The molecule has 0 amide bonds. The Hall–Kier alpha value is -0.570. The minimum Gasteiger partial charge on any atom is -0.334 e. The summed E-state index contributed by atoms with van der Waals surface area (Å²) in [6.07, 6.45) is 0. The first-order valence-corrected chi connectivity index (χ1v) is 2.37. The summed E-state index contributed by atoms with van der Waals surface area (Å²) in [5, 5.41) is 9.83. The van der Waals surface area contributed by atoms with Crippen LogP contribution in [0.1, 0.15) is 0 Å². The van der Waals surface area contributed by atoms with E-state index < -0.39 is 0 Å². The maximum atomic E-state index is 8.32. The molecule has 0 saturated heterocycles. The molecule has 0 bridgehead atoms. The zero-order valence-corrected chi connectivity index (χ0v) is 3.73. The minimum atomic E-state index is -0.0139.